The first-order valence-corrected chi connectivity index (χ1v) is 11.5. The number of urea groups is 1. The molecular formula is C21H28N6O4S. The van der Waals surface area contributed by atoms with Gasteiger partial charge in [-0.15, -0.1) is 0 Å². The maximum Gasteiger partial charge on any atom is 0.333 e. The molecule has 0 unspecified atom stereocenters. The van der Waals surface area contributed by atoms with Crippen LogP contribution in [0.4, 0.5) is 10.5 Å². The number of carbonyl (C=O) groups is 2. The molecule has 0 radical (unpaired) electrons. The Hall–Kier alpha value is -3.39. The number of aromatic nitrogens is 2. The summed E-state index contributed by atoms with van der Waals surface area (Å²) >= 11 is 0. The number of aryl methyl sites for hydroxylation is 1. The van der Waals surface area contributed by atoms with E-state index in [1.807, 2.05) is 50.6 Å². The molecule has 10 nitrogen and oxygen atoms in total. The van der Waals surface area contributed by atoms with E-state index in [1.54, 1.807) is 0 Å². The summed E-state index contributed by atoms with van der Waals surface area (Å²) in [7, 11) is -1.51. The van der Waals surface area contributed by atoms with E-state index in [0.717, 1.165) is 26.8 Å². The van der Waals surface area contributed by atoms with Crippen LogP contribution in [-0.4, -0.2) is 48.8 Å². The zero-order chi connectivity index (χ0) is 24.2. The first-order chi connectivity index (χ1) is 14.9. The highest BCUT2D eigenvalue weighted by Gasteiger charge is 2.27. The summed E-state index contributed by atoms with van der Waals surface area (Å²) in [4.78, 5) is 29.3. The fourth-order valence-corrected chi connectivity index (χ4v) is 4.04. The van der Waals surface area contributed by atoms with Crippen LogP contribution < -0.4 is 10.0 Å². The van der Waals surface area contributed by atoms with Crippen LogP contribution in [0.3, 0.4) is 0 Å². The van der Waals surface area contributed by atoms with E-state index in [-0.39, 0.29) is 24.2 Å². The third kappa shape index (κ3) is 5.45. The number of hydrogen-bond donors (Lipinski definition) is 2. The Kier molecular flexibility index (Phi) is 7.64. The Labute approximate surface area is 188 Å². The van der Waals surface area contributed by atoms with Gasteiger partial charge in [0.2, 0.25) is 0 Å². The largest absolute Gasteiger partial charge is 0.333 e. The Morgan fingerprint density at radius 2 is 1.75 bits per heavy atom. The normalized spacial score (nSPS) is 11.3. The van der Waals surface area contributed by atoms with Crippen molar-refractivity contribution in [2.45, 2.75) is 44.6 Å². The third-order valence-corrected chi connectivity index (χ3v) is 6.02. The van der Waals surface area contributed by atoms with Gasteiger partial charge in [-0.05, 0) is 23.0 Å². The molecule has 1 aromatic carbocycles. The minimum Gasteiger partial charge on any atom is -0.307 e. The second-order valence-electron chi connectivity index (χ2n) is 7.97. The lowest BCUT2D eigenvalue weighted by Gasteiger charge is -2.20. The first kappa shape index (κ1) is 24.9. The van der Waals surface area contributed by atoms with Crippen molar-refractivity contribution in [2.75, 3.05) is 19.0 Å². The number of para-hydroxylation sites is 1. The van der Waals surface area contributed by atoms with E-state index in [4.69, 9.17) is 6.57 Å². The quantitative estimate of drug-likeness (QED) is 0.616. The van der Waals surface area contributed by atoms with Crippen molar-refractivity contribution in [3.05, 3.63) is 52.5 Å². The number of nitrogens with zero attached hydrogens (tertiary/aromatic N) is 4. The monoisotopic (exact) mass is 460 g/mol. The molecule has 0 saturated carbocycles. The second-order valence-corrected chi connectivity index (χ2v) is 9.60. The molecule has 0 aliphatic carbocycles. The van der Waals surface area contributed by atoms with Crippen LogP contribution in [0.1, 0.15) is 61.1 Å². The molecule has 172 valence electrons. The lowest BCUT2D eigenvalue weighted by molar-refractivity contribution is 0.0798. The van der Waals surface area contributed by atoms with Crippen molar-refractivity contribution in [1.29, 1.82) is 0 Å². The Bertz CT molecular complexity index is 1140. The molecule has 11 heteroatoms. The summed E-state index contributed by atoms with van der Waals surface area (Å²) in [5, 5.41) is 6.06. The predicted molar refractivity (Wildman–Crippen MR) is 121 cm³/mol. The van der Waals surface area contributed by atoms with Gasteiger partial charge in [0.1, 0.15) is 5.69 Å². The van der Waals surface area contributed by atoms with Gasteiger partial charge >= 0.3 is 6.03 Å². The van der Waals surface area contributed by atoms with Gasteiger partial charge in [0.15, 0.2) is 5.03 Å². The maximum atomic E-state index is 12.7. The summed E-state index contributed by atoms with van der Waals surface area (Å²) < 4.78 is 28.5. The van der Waals surface area contributed by atoms with Crippen molar-refractivity contribution in [3.8, 4) is 0 Å². The SMILES string of the molecule is [C-]#[N+]CN(C)C(=O)c1cc(S(=O)(=O)NC(=O)Nc2c(C(C)C)cccc2C(C)C)nn1C. The van der Waals surface area contributed by atoms with E-state index in [2.05, 4.69) is 15.3 Å². The number of amides is 3. The number of carbonyl (C=O) groups excluding carboxylic acids is 2. The number of nitrogens with one attached hydrogen (secondary N) is 2. The molecule has 0 atom stereocenters. The lowest BCUT2D eigenvalue weighted by Crippen LogP contribution is -2.35. The summed E-state index contributed by atoms with van der Waals surface area (Å²) in [5.74, 6) is -0.343. The van der Waals surface area contributed by atoms with Crippen molar-refractivity contribution >= 4 is 27.6 Å². The molecule has 1 heterocycles. The van der Waals surface area contributed by atoms with Gasteiger partial charge in [0.05, 0.1) is 0 Å². The molecule has 0 aliphatic heterocycles. The molecule has 2 aromatic rings. The third-order valence-electron chi connectivity index (χ3n) is 4.82. The van der Waals surface area contributed by atoms with E-state index in [0.29, 0.717) is 5.69 Å². The molecule has 0 bridgehead atoms. The number of rotatable bonds is 7. The number of hydrogen-bond acceptors (Lipinski definition) is 5. The average molecular weight is 461 g/mol. The predicted octanol–water partition coefficient (Wildman–Crippen LogP) is 3.13. The van der Waals surface area contributed by atoms with Crippen molar-refractivity contribution in [2.24, 2.45) is 7.05 Å². The number of anilines is 1. The highest BCUT2D eigenvalue weighted by Crippen LogP contribution is 2.32. The van der Waals surface area contributed by atoms with Crippen LogP contribution in [0, 0.1) is 6.57 Å². The van der Waals surface area contributed by atoms with Crippen LogP contribution in [0.2, 0.25) is 0 Å². The van der Waals surface area contributed by atoms with E-state index in [1.165, 1.54) is 14.1 Å². The first-order valence-electron chi connectivity index (χ1n) is 9.98. The zero-order valence-corrected chi connectivity index (χ0v) is 19.8. The molecule has 0 aliphatic rings. The molecule has 2 rings (SSSR count). The average Bonchev–Trinajstić information content (AvgIpc) is 3.09. The van der Waals surface area contributed by atoms with Gasteiger partial charge in [-0.1, -0.05) is 45.9 Å². The summed E-state index contributed by atoms with van der Waals surface area (Å²) in [6.07, 6.45) is 0. The van der Waals surface area contributed by atoms with Gasteiger partial charge < -0.3 is 5.32 Å². The smallest absolute Gasteiger partial charge is 0.307 e. The van der Waals surface area contributed by atoms with Gasteiger partial charge in [0.25, 0.3) is 22.6 Å². The van der Waals surface area contributed by atoms with Crippen LogP contribution in [-0.2, 0) is 17.1 Å². The van der Waals surface area contributed by atoms with Gasteiger partial charge in [-0.3, -0.25) is 19.2 Å². The van der Waals surface area contributed by atoms with Gasteiger partial charge in [-0.2, -0.15) is 13.5 Å². The zero-order valence-electron chi connectivity index (χ0n) is 19.0. The fraction of sp³-hybridized carbons (Fsp3) is 0.429. The molecule has 1 aromatic heterocycles. The molecule has 2 N–H and O–H groups in total. The standard InChI is InChI=1S/C21H28N6O4S/c1-13(2)15-9-8-10-16(14(3)4)19(15)23-21(29)25-32(30,31)18-11-17(27(7)24-18)20(28)26(6)12-22-5/h8-11,13-14H,12H2,1-4,6-7H3,(H2,23,25,29). The van der Waals surface area contributed by atoms with Crippen LogP contribution >= 0.6 is 0 Å². The molecule has 0 spiro atoms. The van der Waals surface area contributed by atoms with Gasteiger partial charge in [0, 0.05) is 25.8 Å². The highest BCUT2D eigenvalue weighted by molar-refractivity contribution is 7.90. The lowest BCUT2D eigenvalue weighted by atomic mass is 9.93. The van der Waals surface area contributed by atoms with Gasteiger partial charge in [-0.25, -0.2) is 16.1 Å². The number of sulfonamides is 1. The topological polar surface area (TPSA) is 118 Å². The Morgan fingerprint density at radius 3 is 2.25 bits per heavy atom. The van der Waals surface area contributed by atoms with Crippen molar-refractivity contribution in [3.63, 3.8) is 0 Å². The minimum atomic E-state index is -4.34. The highest BCUT2D eigenvalue weighted by atomic mass is 32.2. The van der Waals surface area contributed by atoms with E-state index < -0.39 is 27.0 Å². The molecule has 0 saturated heterocycles. The summed E-state index contributed by atoms with van der Waals surface area (Å²) in [5.41, 5.74) is 2.32. The number of benzene rings is 1. The summed E-state index contributed by atoms with van der Waals surface area (Å²) in [6, 6.07) is 5.82. The Morgan fingerprint density at radius 1 is 1.19 bits per heavy atom. The summed E-state index contributed by atoms with van der Waals surface area (Å²) in [6.45, 7) is 14.6. The molecule has 0 fully saturated rings. The van der Waals surface area contributed by atoms with Crippen molar-refractivity contribution in [1.82, 2.24) is 19.4 Å². The van der Waals surface area contributed by atoms with Crippen LogP contribution in [0.15, 0.2) is 29.3 Å². The molecular weight excluding hydrogens is 432 g/mol. The van der Waals surface area contributed by atoms with Crippen molar-refractivity contribution < 1.29 is 18.0 Å². The molecule has 32 heavy (non-hydrogen) atoms. The fourth-order valence-electron chi connectivity index (χ4n) is 3.15. The molecule has 3 amide bonds. The van der Waals surface area contributed by atoms with E-state index in [9.17, 15) is 18.0 Å². The van der Waals surface area contributed by atoms with Crippen LogP contribution in [0.5, 0.6) is 0 Å². The maximum absolute atomic E-state index is 12.7. The second kappa shape index (κ2) is 9.82. The van der Waals surface area contributed by atoms with E-state index >= 15 is 0 Å². The minimum absolute atomic E-state index is 0.0239. The Balaban J connectivity index is 2.30. The van der Waals surface area contributed by atoms with Crippen LogP contribution in [0.25, 0.3) is 4.85 Å².